The molecule has 0 bridgehead atoms. The zero-order valence-electron chi connectivity index (χ0n) is 34.6. The molecule has 0 aliphatic heterocycles. The number of carbonyl (C=O) groups is 2. The number of allylic oxidation sites excluding steroid dienone is 3. The van der Waals surface area contributed by atoms with Crippen molar-refractivity contribution in [2.75, 3.05) is 36.9 Å². The quantitative estimate of drug-likeness (QED) is 0.0860. The van der Waals surface area contributed by atoms with E-state index in [1.807, 2.05) is 45.1 Å². The zero-order chi connectivity index (χ0) is 42.2. The number of anilines is 2. The normalized spacial score (nSPS) is 12.6. The van der Waals surface area contributed by atoms with Crippen molar-refractivity contribution in [1.82, 2.24) is 20.3 Å². The maximum atomic E-state index is 12.9. The molecule has 0 spiro atoms. The Bertz CT molecular complexity index is 1460. The third kappa shape index (κ3) is 25.1. The van der Waals surface area contributed by atoms with E-state index in [0.717, 1.165) is 23.4 Å². The minimum atomic E-state index is -4.42. The molecule has 1 aliphatic carbocycles. The van der Waals surface area contributed by atoms with Gasteiger partial charge in [0.1, 0.15) is 29.5 Å². The third-order valence-corrected chi connectivity index (χ3v) is 8.09. The molecule has 55 heavy (non-hydrogen) atoms. The first kappa shape index (κ1) is 51.2. The average molecular weight is 803 g/mol. The average Bonchev–Trinajstić information content (AvgIpc) is 3.34. The number of aryl methyl sites for hydroxylation is 1. The van der Waals surface area contributed by atoms with Crippen LogP contribution in [0.15, 0.2) is 18.2 Å². The number of thiazole rings is 1. The lowest BCUT2D eigenvalue weighted by Gasteiger charge is -2.19. The van der Waals surface area contributed by atoms with Gasteiger partial charge in [0.15, 0.2) is 5.79 Å². The summed E-state index contributed by atoms with van der Waals surface area (Å²) < 4.78 is 48.9. The first-order chi connectivity index (χ1) is 25.7. The maximum absolute atomic E-state index is 12.9. The molecule has 0 fully saturated rings. The number of unbranched alkanes of at least 4 members (excludes halogenated alkanes) is 2. The fraction of sp³-hybridized carbons (Fsp3) is 0.667. The molecule has 1 atom stereocenters. The van der Waals surface area contributed by atoms with Crippen LogP contribution in [-0.4, -0.2) is 81.0 Å². The van der Waals surface area contributed by atoms with Crippen molar-refractivity contribution in [3.05, 3.63) is 34.5 Å². The van der Waals surface area contributed by atoms with Gasteiger partial charge in [-0.25, -0.2) is 14.8 Å². The van der Waals surface area contributed by atoms with Crippen LogP contribution < -0.4 is 16.0 Å². The van der Waals surface area contributed by atoms with E-state index in [9.17, 15) is 22.8 Å². The number of alkyl halides is 3. The molecule has 5 N–H and O–H groups in total. The van der Waals surface area contributed by atoms with E-state index in [1.54, 1.807) is 27.7 Å². The van der Waals surface area contributed by atoms with Gasteiger partial charge in [-0.3, -0.25) is 4.79 Å². The van der Waals surface area contributed by atoms with E-state index in [0.29, 0.717) is 41.5 Å². The molecule has 1 unspecified atom stereocenters. The van der Waals surface area contributed by atoms with Gasteiger partial charge in [-0.05, 0) is 66.4 Å². The van der Waals surface area contributed by atoms with Gasteiger partial charge >= 0.3 is 18.2 Å². The fourth-order valence-corrected chi connectivity index (χ4v) is 5.63. The number of ether oxygens (including phenoxy) is 2. The molecular formula is C39H65F3N6O6S. The zero-order valence-corrected chi connectivity index (χ0v) is 35.4. The van der Waals surface area contributed by atoms with Crippen molar-refractivity contribution in [2.24, 2.45) is 5.92 Å². The van der Waals surface area contributed by atoms with Crippen molar-refractivity contribution < 1.29 is 42.4 Å². The van der Waals surface area contributed by atoms with Gasteiger partial charge in [-0.15, -0.1) is 11.3 Å². The number of hydrogen-bond donors (Lipinski definition) is 5. The number of nitrogens with zero attached hydrogens (tertiary/aromatic N) is 3. The van der Waals surface area contributed by atoms with Crippen LogP contribution in [0.5, 0.6) is 0 Å². The molecule has 1 aliphatic rings. The summed E-state index contributed by atoms with van der Waals surface area (Å²) in [4.78, 5) is 38.2. The standard InChI is InChI=1S/C29H39F3N6O4S.C5H12.C3H8O2.C2H6/c1-6-19(13-15-41-22(39)16-34-27(40)42-28(3,4)5)12-14-33-24-23(18(2)36-26(38-24)35-17-29(30,31)32)25-37-20-10-8-7-9-11-21(20)43-25;1-3-5-4-2;1-3(2,4)5;1-2/h7-10,19H,6,11-17H2,1-5H3,(H,34,40)(H2,33,35,36,38);3-5H2,1-2H3;4-5H,1-2H3;1-2H3. The smallest absolute Gasteiger partial charge is 0.408 e. The van der Waals surface area contributed by atoms with Gasteiger partial charge in [0, 0.05) is 17.8 Å². The van der Waals surface area contributed by atoms with E-state index in [2.05, 4.69) is 39.8 Å². The third-order valence-electron chi connectivity index (χ3n) is 6.98. The molecule has 0 saturated heterocycles. The molecule has 2 aromatic rings. The van der Waals surface area contributed by atoms with Crippen molar-refractivity contribution in [3.8, 4) is 10.6 Å². The molecule has 0 aromatic carbocycles. The molecule has 0 radical (unpaired) electrons. The number of rotatable bonds is 15. The van der Waals surface area contributed by atoms with Crippen LogP contribution in [0.4, 0.5) is 29.7 Å². The molecule has 314 valence electrons. The molecule has 1 amide bonds. The van der Waals surface area contributed by atoms with Crippen LogP contribution in [0.2, 0.25) is 0 Å². The summed E-state index contributed by atoms with van der Waals surface area (Å²) in [6.45, 7) is 19.1. The Balaban J connectivity index is 0.00000212. The molecule has 2 heterocycles. The lowest BCUT2D eigenvalue weighted by molar-refractivity contribution is -0.143. The van der Waals surface area contributed by atoms with E-state index in [1.165, 1.54) is 44.4 Å². The van der Waals surface area contributed by atoms with Crippen LogP contribution in [0.1, 0.15) is 124 Å². The molecule has 0 saturated carbocycles. The van der Waals surface area contributed by atoms with E-state index in [4.69, 9.17) is 24.7 Å². The number of hydrogen-bond acceptors (Lipinski definition) is 12. The van der Waals surface area contributed by atoms with Gasteiger partial charge in [-0.2, -0.15) is 18.2 Å². The molecule has 3 rings (SSSR count). The van der Waals surface area contributed by atoms with Crippen LogP contribution in [-0.2, 0) is 20.7 Å². The van der Waals surface area contributed by atoms with Crippen LogP contribution >= 0.6 is 11.3 Å². The Kier molecular flexibility index (Phi) is 24.4. The molecule has 16 heteroatoms. The number of halogens is 3. The lowest BCUT2D eigenvalue weighted by atomic mass is 9.99. The Morgan fingerprint density at radius 2 is 1.60 bits per heavy atom. The Labute approximate surface area is 329 Å². The van der Waals surface area contributed by atoms with Crippen molar-refractivity contribution >= 4 is 41.2 Å². The van der Waals surface area contributed by atoms with Crippen LogP contribution in [0, 0.1) is 12.8 Å². The summed E-state index contributed by atoms with van der Waals surface area (Å²) in [7, 11) is 0. The first-order valence-electron chi connectivity index (χ1n) is 19.0. The van der Waals surface area contributed by atoms with Crippen LogP contribution in [0.3, 0.4) is 0 Å². The number of amides is 1. The highest BCUT2D eigenvalue weighted by Crippen LogP contribution is 2.36. The van der Waals surface area contributed by atoms with E-state index >= 15 is 0 Å². The highest BCUT2D eigenvalue weighted by Gasteiger charge is 2.28. The maximum Gasteiger partial charge on any atom is 0.408 e. The Hall–Kier alpha value is -3.76. The second-order valence-electron chi connectivity index (χ2n) is 13.8. The fourth-order valence-electron chi connectivity index (χ4n) is 4.51. The van der Waals surface area contributed by atoms with Crippen molar-refractivity contribution in [1.29, 1.82) is 0 Å². The number of fused-ring (bicyclic) bond motifs is 1. The van der Waals surface area contributed by atoms with Gasteiger partial charge in [0.05, 0.1) is 23.6 Å². The monoisotopic (exact) mass is 802 g/mol. The number of aliphatic hydroxyl groups is 2. The first-order valence-corrected chi connectivity index (χ1v) is 19.8. The lowest BCUT2D eigenvalue weighted by Crippen LogP contribution is -2.36. The number of alkyl carbamates (subject to hydrolysis) is 1. The SMILES string of the molecule is CC.CC(C)(O)O.CCC(CCNc1nc(NCC(F)(F)F)nc(C)c1-c1nc2c(s1)CC=CC=C2)CCOC(=O)CNC(=O)OC(C)(C)C.CCCCC. The number of carbonyl (C=O) groups excluding carboxylic acids is 2. The summed E-state index contributed by atoms with van der Waals surface area (Å²) in [5.74, 6) is -1.59. The van der Waals surface area contributed by atoms with Crippen LogP contribution in [0.25, 0.3) is 16.6 Å². The summed E-state index contributed by atoms with van der Waals surface area (Å²) in [6, 6.07) is 0. The van der Waals surface area contributed by atoms with Gasteiger partial charge in [0.2, 0.25) is 5.95 Å². The number of esters is 1. The van der Waals surface area contributed by atoms with E-state index in [-0.39, 0.29) is 25.0 Å². The highest BCUT2D eigenvalue weighted by molar-refractivity contribution is 7.15. The largest absolute Gasteiger partial charge is 0.464 e. The molecule has 2 aromatic heterocycles. The summed E-state index contributed by atoms with van der Waals surface area (Å²) >= 11 is 1.50. The predicted octanol–water partition coefficient (Wildman–Crippen LogP) is 9.22. The highest BCUT2D eigenvalue weighted by atomic mass is 32.1. The molecular weight excluding hydrogens is 738 g/mol. The van der Waals surface area contributed by atoms with Crippen molar-refractivity contribution in [2.45, 2.75) is 139 Å². The summed E-state index contributed by atoms with van der Waals surface area (Å²) in [6.07, 6.45) is 9.65. The van der Waals surface area contributed by atoms with Crippen molar-refractivity contribution in [3.63, 3.8) is 0 Å². The minimum Gasteiger partial charge on any atom is -0.464 e. The van der Waals surface area contributed by atoms with Gasteiger partial charge in [0.25, 0.3) is 0 Å². The predicted molar refractivity (Wildman–Crippen MR) is 216 cm³/mol. The van der Waals surface area contributed by atoms with Gasteiger partial charge in [-0.1, -0.05) is 78.5 Å². The Morgan fingerprint density at radius 3 is 2.15 bits per heavy atom. The number of aromatic nitrogens is 3. The number of nitrogens with one attached hydrogen (secondary N) is 3. The van der Waals surface area contributed by atoms with Gasteiger partial charge < -0.3 is 35.6 Å². The minimum absolute atomic E-state index is 0.124. The second-order valence-corrected chi connectivity index (χ2v) is 14.9. The topological polar surface area (TPSA) is 168 Å². The van der Waals surface area contributed by atoms with E-state index < -0.39 is 36.2 Å². The summed E-state index contributed by atoms with van der Waals surface area (Å²) in [5.41, 5.74) is 1.32. The summed E-state index contributed by atoms with van der Waals surface area (Å²) in [5, 5.41) is 24.8. The Morgan fingerprint density at radius 1 is 0.964 bits per heavy atom. The molecule has 12 nitrogen and oxygen atoms in total. The second kappa shape index (κ2) is 26.2.